The summed E-state index contributed by atoms with van der Waals surface area (Å²) >= 11 is 0. The van der Waals surface area contributed by atoms with Crippen molar-refractivity contribution < 1.29 is 13.9 Å². The maximum Gasteiger partial charge on any atom is 0.198 e. The molecule has 0 aliphatic heterocycles. The number of benzene rings is 1. The third kappa shape index (κ3) is 2.50. The van der Waals surface area contributed by atoms with E-state index in [1.807, 2.05) is 38.1 Å². The molecule has 0 spiro atoms. The first-order valence-electron chi connectivity index (χ1n) is 7.31. The van der Waals surface area contributed by atoms with E-state index in [2.05, 4.69) is 0 Å². The molecule has 2 aromatic rings. The molecule has 0 unspecified atom stereocenters. The predicted octanol–water partition coefficient (Wildman–Crippen LogP) is 4.13. The zero-order chi connectivity index (χ0) is 14.1. The van der Waals surface area contributed by atoms with E-state index in [0.29, 0.717) is 24.2 Å². The average molecular weight is 272 g/mol. The van der Waals surface area contributed by atoms with Crippen LogP contribution in [-0.2, 0) is 4.74 Å². The van der Waals surface area contributed by atoms with Gasteiger partial charge in [-0.2, -0.15) is 0 Å². The number of rotatable bonds is 5. The molecule has 1 aliphatic carbocycles. The van der Waals surface area contributed by atoms with Crippen molar-refractivity contribution in [3.63, 3.8) is 0 Å². The Labute approximate surface area is 118 Å². The third-order valence-electron chi connectivity index (χ3n) is 4.08. The maximum absolute atomic E-state index is 12.3. The first kappa shape index (κ1) is 13.4. The highest BCUT2D eigenvalue weighted by atomic mass is 16.5. The standard InChI is InChI=1S/C17H20O3/c1-3-19-14-7-12(8-14)9-15(18)16-10-13-6-4-5-11(2)17(13)20-16/h4-6,10,12,14H,3,7-9H2,1-2H3. The van der Waals surface area contributed by atoms with Gasteiger partial charge in [0.1, 0.15) is 5.58 Å². The Morgan fingerprint density at radius 1 is 1.40 bits per heavy atom. The lowest BCUT2D eigenvalue weighted by Gasteiger charge is -2.34. The lowest BCUT2D eigenvalue weighted by molar-refractivity contribution is -0.0247. The Morgan fingerprint density at radius 2 is 2.20 bits per heavy atom. The molecule has 1 heterocycles. The van der Waals surface area contributed by atoms with E-state index in [9.17, 15) is 4.79 Å². The van der Waals surface area contributed by atoms with Gasteiger partial charge >= 0.3 is 0 Å². The van der Waals surface area contributed by atoms with Crippen LogP contribution in [0.5, 0.6) is 0 Å². The molecule has 1 aliphatic rings. The first-order valence-corrected chi connectivity index (χ1v) is 7.31. The van der Waals surface area contributed by atoms with Crippen LogP contribution in [0.25, 0.3) is 11.0 Å². The van der Waals surface area contributed by atoms with Crippen LogP contribution in [0, 0.1) is 12.8 Å². The Balaban J connectivity index is 1.66. The first-order chi connectivity index (χ1) is 9.67. The highest BCUT2D eigenvalue weighted by Crippen LogP contribution is 2.34. The Morgan fingerprint density at radius 3 is 2.90 bits per heavy atom. The van der Waals surface area contributed by atoms with Gasteiger partial charge < -0.3 is 9.15 Å². The largest absolute Gasteiger partial charge is 0.453 e. The van der Waals surface area contributed by atoms with Crippen LogP contribution >= 0.6 is 0 Å². The Kier molecular flexibility index (Phi) is 3.62. The molecule has 106 valence electrons. The highest BCUT2D eigenvalue weighted by molar-refractivity contribution is 5.98. The van der Waals surface area contributed by atoms with Crippen LogP contribution in [0.4, 0.5) is 0 Å². The molecular weight excluding hydrogens is 252 g/mol. The maximum atomic E-state index is 12.3. The molecule has 0 N–H and O–H groups in total. The van der Waals surface area contributed by atoms with Crippen molar-refractivity contribution in [3.8, 4) is 0 Å². The molecule has 1 saturated carbocycles. The van der Waals surface area contributed by atoms with Gasteiger partial charge in [0.15, 0.2) is 11.5 Å². The monoisotopic (exact) mass is 272 g/mol. The van der Waals surface area contributed by atoms with Gasteiger partial charge in [-0.15, -0.1) is 0 Å². The molecule has 0 radical (unpaired) electrons. The highest BCUT2D eigenvalue weighted by Gasteiger charge is 2.32. The summed E-state index contributed by atoms with van der Waals surface area (Å²) < 4.78 is 11.2. The minimum atomic E-state index is 0.112. The molecule has 0 atom stereocenters. The lowest BCUT2D eigenvalue weighted by Crippen LogP contribution is -2.32. The number of ketones is 1. The molecule has 1 fully saturated rings. The van der Waals surface area contributed by atoms with Gasteiger partial charge in [0.05, 0.1) is 6.10 Å². The number of Topliss-reactive ketones (excluding diaryl/α,β-unsaturated/α-hetero) is 1. The fraction of sp³-hybridized carbons (Fsp3) is 0.471. The second kappa shape index (κ2) is 5.41. The molecule has 1 aromatic carbocycles. The Hall–Kier alpha value is -1.61. The zero-order valence-corrected chi connectivity index (χ0v) is 12.0. The number of hydrogen-bond acceptors (Lipinski definition) is 3. The SMILES string of the molecule is CCOC1CC(CC(=O)c2cc3cccc(C)c3o2)C1. The van der Waals surface area contributed by atoms with Crippen molar-refractivity contribution in [2.24, 2.45) is 5.92 Å². The van der Waals surface area contributed by atoms with Gasteiger partial charge in [-0.3, -0.25) is 4.79 Å². The fourth-order valence-electron chi connectivity index (χ4n) is 2.92. The van der Waals surface area contributed by atoms with Gasteiger partial charge in [0.2, 0.25) is 0 Å². The van der Waals surface area contributed by atoms with Gasteiger partial charge in [0.25, 0.3) is 0 Å². The zero-order valence-electron chi connectivity index (χ0n) is 12.0. The van der Waals surface area contributed by atoms with Crippen molar-refractivity contribution in [1.82, 2.24) is 0 Å². The topological polar surface area (TPSA) is 39.4 Å². The van der Waals surface area contributed by atoms with E-state index in [-0.39, 0.29) is 5.78 Å². The summed E-state index contributed by atoms with van der Waals surface area (Å²) in [6.45, 7) is 4.77. The fourth-order valence-corrected chi connectivity index (χ4v) is 2.92. The van der Waals surface area contributed by atoms with E-state index >= 15 is 0 Å². The van der Waals surface area contributed by atoms with Crippen molar-refractivity contribution in [2.75, 3.05) is 6.61 Å². The third-order valence-corrected chi connectivity index (χ3v) is 4.08. The van der Waals surface area contributed by atoms with Gasteiger partial charge in [-0.25, -0.2) is 0 Å². The Bertz CT molecular complexity index is 620. The minimum Gasteiger partial charge on any atom is -0.453 e. The van der Waals surface area contributed by atoms with E-state index in [4.69, 9.17) is 9.15 Å². The minimum absolute atomic E-state index is 0.112. The normalized spacial score (nSPS) is 21.9. The molecular formula is C17H20O3. The van der Waals surface area contributed by atoms with Gasteiger partial charge in [-0.05, 0) is 44.2 Å². The summed E-state index contributed by atoms with van der Waals surface area (Å²) in [7, 11) is 0. The quantitative estimate of drug-likeness (QED) is 0.768. The second-order valence-electron chi connectivity index (χ2n) is 5.65. The smallest absolute Gasteiger partial charge is 0.198 e. The van der Waals surface area contributed by atoms with Crippen LogP contribution in [0.15, 0.2) is 28.7 Å². The number of fused-ring (bicyclic) bond motifs is 1. The van der Waals surface area contributed by atoms with E-state index < -0.39 is 0 Å². The summed E-state index contributed by atoms with van der Waals surface area (Å²) in [5, 5.41) is 1.01. The van der Waals surface area contributed by atoms with Gasteiger partial charge in [0, 0.05) is 18.4 Å². The van der Waals surface area contributed by atoms with Crippen molar-refractivity contribution >= 4 is 16.8 Å². The van der Waals surface area contributed by atoms with E-state index in [0.717, 1.165) is 36.0 Å². The number of carbonyl (C=O) groups excluding carboxylic acids is 1. The number of furan rings is 1. The number of ether oxygens (including phenoxy) is 1. The predicted molar refractivity (Wildman–Crippen MR) is 78.0 cm³/mol. The molecule has 3 heteroatoms. The number of carbonyl (C=O) groups is 1. The van der Waals surface area contributed by atoms with Crippen molar-refractivity contribution in [1.29, 1.82) is 0 Å². The van der Waals surface area contributed by atoms with E-state index in [1.165, 1.54) is 0 Å². The number of hydrogen-bond donors (Lipinski definition) is 0. The molecule has 0 bridgehead atoms. The molecule has 0 amide bonds. The molecule has 1 aromatic heterocycles. The van der Waals surface area contributed by atoms with Crippen LogP contribution in [0.3, 0.4) is 0 Å². The average Bonchev–Trinajstić information content (AvgIpc) is 2.82. The van der Waals surface area contributed by atoms with Gasteiger partial charge in [-0.1, -0.05) is 18.2 Å². The van der Waals surface area contributed by atoms with Crippen molar-refractivity contribution in [3.05, 3.63) is 35.6 Å². The van der Waals surface area contributed by atoms with Crippen LogP contribution in [0.2, 0.25) is 0 Å². The summed E-state index contributed by atoms with van der Waals surface area (Å²) in [5.41, 5.74) is 1.90. The molecule has 3 rings (SSSR count). The number of para-hydroxylation sites is 1. The van der Waals surface area contributed by atoms with Crippen LogP contribution < -0.4 is 0 Å². The van der Waals surface area contributed by atoms with Crippen LogP contribution in [0.1, 0.15) is 42.3 Å². The summed E-state index contributed by atoms with van der Waals surface area (Å²) in [5.74, 6) is 1.06. The number of aryl methyl sites for hydroxylation is 1. The summed E-state index contributed by atoms with van der Waals surface area (Å²) in [6, 6.07) is 7.83. The molecule has 0 saturated heterocycles. The van der Waals surface area contributed by atoms with E-state index in [1.54, 1.807) is 0 Å². The van der Waals surface area contributed by atoms with Crippen LogP contribution in [-0.4, -0.2) is 18.5 Å². The van der Waals surface area contributed by atoms with Crippen molar-refractivity contribution in [2.45, 2.75) is 39.2 Å². The molecule has 20 heavy (non-hydrogen) atoms. The second-order valence-corrected chi connectivity index (χ2v) is 5.65. The lowest BCUT2D eigenvalue weighted by atomic mass is 9.79. The summed E-state index contributed by atoms with van der Waals surface area (Å²) in [4.78, 5) is 12.3. The molecule has 3 nitrogen and oxygen atoms in total. The summed E-state index contributed by atoms with van der Waals surface area (Å²) in [6.07, 6.45) is 2.93.